The molecule has 1 aliphatic carbocycles. The summed E-state index contributed by atoms with van der Waals surface area (Å²) in [7, 11) is 3.53. The number of aromatic nitrogens is 2. The fourth-order valence-electron chi connectivity index (χ4n) is 4.06. The summed E-state index contributed by atoms with van der Waals surface area (Å²) in [5.41, 5.74) is 0.325. The van der Waals surface area contributed by atoms with Gasteiger partial charge in [-0.1, -0.05) is 6.42 Å². The summed E-state index contributed by atoms with van der Waals surface area (Å²) in [6.45, 7) is 5.19. The van der Waals surface area contributed by atoms with Crippen molar-refractivity contribution in [2.45, 2.75) is 32.1 Å². The van der Waals surface area contributed by atoms with Crippen molar-refractivity contribution in [1.82, 2.24) is 25.5 Å². The molecule has 2 heterocycles. The molecule has 1 aliphatic heterocycles. The molecule has 30 heavy (non-hydrogen) atoms. The average Bonchev–Trinajstić information content (AvgIpc) is 2.77. The first kappa shape index (κ1) is 22.3. The quantitative estimate of drug-likeness (QED) is 0.455. The lowest BCUT2D eigenvalue weighted by Gasteiger charge is -2.42. The van der Waals surface area contributed by atoms with Gasteiger partial charge in [-0.2, -0.15) is 0 Å². The van der Waals surface area contributed by atoms with E-state index in [9.17, 15) is 4.79 Å². The molecule has 0 radical (unpaired) electrons. The van der Waals surface area contributed by atoms with Crippen LogP contribution in [0.3, 0.4) is 0 Å². The molecule has 1 aromatic rings. The maximum absolute atomic E-state index is 12.6. The first-order chi connectivity index (χ1) is 14.7. The van der Waals surface area contributed by atoms with Crippen LogP contribution in [0.1, 0.15) is 32.1 Å². The van der Waals surface area contributed by atoms with E-state index in [1.165, 1.54) is 19.3 Å². The van der Waals surface area contributed by atoms with Gasteiger partial charge in [0.05, 0.1) is 0 Å². The van der Waals surface area contributed by atoms with Gasteiger partial charge in [-0.3, -0.25) is 9.79 Å². The minimum atomic E-state index is 0.169. The minimum Gasteiger partial charge on any atom is -0.385 e. The summed E-state index contributed by atoms with van der Waals surface area (Å²) in [5.74, 6) is 1.66. The zero-order valence-corrected chi connectivity index (χ0v) is 18.3. The molecule has 0 bridgehead atoms. The van der Waals surface area contributed by atoms with Crippen LogP contribution in [-0.4, -0.2) is 86.8 Å². The predicted molar refractivity (Wildman–Crippen MR) is 118 cm³/mol. The number of ether oxygens (including phenoxy) is 1. The lowest BCUT2D eigenvalue weighted by molar-refractivity contribution is -0.131. The Morgan fingerprint density at radius 2 is 1.93 bits per heavy atom. The Balaban J connectivity index is 1.34. The minimum absolute atomic E-state index is 0.169. The molecule has 0 spiro atoms. The molecule has 1 aromatic heterocycles. The van der Waals surface area contributed by atoms with Crippen LogP contribution in [0.25, 0.3) is 0 Å². The molecule has 9 nitrogen and oxygen atoms in total. The van der Waals surface area contributed by atoms with Gasteiger partial charge in [-0.25, -0.2) is 9.97 Å². The van der Waals surface area contributed by atoms with E-state index in [4.69, 9.17) is 4.74 Å². The zero-order chi connectivity index (χ0) is 21.2. The molecular formula is C21H35N7O2. The third-order valence-electron chi connectivity index (χ3n) is 6.20. The molecule has 0 unspecified atom stereocenters. The van der Waals surface area contributed by atoms with Crippen LogP contribution in [0.5, 0.6) is 0 Å². The second-order valence-corrected chi connectivity index (χ2v) is 8.12. The van der Waals surface area contributed by atoms with Gasteiger partial charge in [-0.15, -0.1) is 0 Å². The highest BCUT2D eigenvalue weighted by molar-refractivity contribution is 5.81. The van der Waals surface area contributed by atoms with Gasteiger partial charge in [0.25, 0.3) is 0 Å². The van der Waals surface area contributed by atoms with E-state index in [-0.39, 0.29) is 5.91 Å². The lowest BCUT2D eigenvalue weighted by Crippen LogP contribution is -2.50. The summed E-state index contributed by atoms with van der Waals surface area (Å²) in [4.78, 5) is 29.5. The topological polar surface area (TPSA) is 95.0 Å². The van der Waals surface area contributed by atoms with E-state index in [2.05, 4.69) is 30.5 Å². The molecule has 9 heteroatoms. The van der Waals surface area contributed by atoms with Gasteiger partial charge >= 0.3 is 0 Å². The molecule has 0 atom stereocenters. The standard InChI is InChI=1S/C21H35N7O2/c1-22-19(26-17-21(6-3-7-21)8-16-30-2)23-11-5-18(29)27-12-14-28(15-13-27)20-24-9-4-10-25-20/h4,9-10H,3,5-8,11-17H2,1-2H3,(H2,22,23,26). The van der Waals surface area contributed by atoms with Crippen LogP contribution < -0.4 is 15.5 Å². The lowest BCUT2D eigenvalue weighted by atomic mass is 9.67. The van der Waals surface area contributed by atoms with Crippen LogP contribution >= 0.6 is 0 Å². The zero-order valence-electron chi connectivity index (χ0n) is 18.3. The van der Waals surface area contributed by atoms with Crippen molar-refractivity contribution >= 4 is 17.8 Å². The second kappa shape index (κ2) is 11.1. The number of anilines is 1. The van der Waals surface area contributed by atoms with Crippen molar-refractivity contribution in [2.75, 3.05) is 64.9 Å². The summed E-state index contributed by atoms with van der Waals surface area (Å²) in [6, 6.07) is 1.81. The molecule has 2 N–H and O–H groups in total. The number of hydrogen-bond acceptors (Lipinski definition) is 6. The summed E-state index contributed by atoms with van der Waals surface area (Å²) in [6.07, 6.45) is 8.78. The van der Waals surface area contributed by atoms with Crippen LogP contribution in [-0.2, 0) is 9.53 Å². The number of carbonyl (C=O) groups is 1. The van der Waals surface area contributed by atoms with Gasteiger partial charge in [0, 0.05) is 78.8 Å². The number of amides is 1. The number of guanidine groups is 1. The van der Waals surface area contributed by atoms with E-state index >= 15 is 0 Å². The molecule has 166 valence electrons. The van der Waals surface area contributed by atoms with E-state index in [0.717, 1.165) is 44.6 Å². The summed E-state index contributed by atoms with van der Waals surface area (Å²) >= 11 is 0. The first-order valence-corrected chi connectivity index (χ1v) is 10.9. The van der Waals surface area contributed by atoms with Gasteiger partial charge in [0.1, 0.15) is 0 Å². The molecule has 2 fully saturated rings. The van der Waals surface area contributed by atoms with E-state index < -0.39 is 0 Å². The van der Waals surface area contributed by atoms with Crippen molar-refractivity contribution in [3.05, 3.63) is 18.5 Å². The van der Waals surface area contributed by atoms with E-state index in [0.29, 0.717) is 31.5 Å². The SMILES string of the molecule is CN=C(NCCC(=O)N1CCN(c2ncccn2)CC1)NCC1(CCOC)CCC1. The molecule has 1 saturated heterocycles. The number of rotatable bonds is 9. The maximum atomic E-state index is 12.6. The third-order valence-corrected chi connectivity index (χ3v) is 6.20. The summed E-state index contributed by atoms with van der Waals surface area (Å²) < 4.78 is 5.26. The smallest absolute Gasteiger partial charge is 0.225 e. The Hall–Kier alpha value is -2.42. The van der Waals surface area contributed by atoms with E-state index in [1.807, 2.05) is 11.0 Å². The third kappa shape index (κ3) is 6.04. The van der Waals surface area contributed by atoms with Gasteiger partial charge in [-0.05, 0) is 30.7 Å². The maximum Gasteiger partial charge on any atom is 0.225 e. The molecule has 1 amide bonds. The van der Waals surface area contributed by atoms with Crippen LogP contribution in [0.2, 0.25) is 0 Å². The number of aliphatic imine (C=N–C) groups is 1. The van der Waals surface area contributed by atoms with Crippen LogP contribution in [0.4, 0.5) is 5.95 Å². The van der Waals surface area contributed by atoms with Crippen LogP contribution in [0, 0.1) is 5.41 Å². The predicted octanol–water partition coefficient (Wildman–Crippen LogP) is 0.887. The van der Waals surface area contributed by atoms with Crippen molar-refractivity contribution in [3.8, 4) is 0 Å². The van der Waals surface area contributed by atoms with Crippen LogP contribution in [0.15, 0.2) is 23.5 Å². The highest BCUT2D eigenvalue weighted by Gasteiger charge is 2.36. The van der Waals surface area contributed by atoms with Crippen molar-refractivity contribution in [2.24, 2.45) is 10.4 Å². The Labute approximate surface area is 179 Å². The molecular weight excluding hydrogens is 382 g/mol. The summed E-state index contributed by atoms with van der Waals surface area (Å²) in [5, 5.41) is 6.72. The Bertz CT molecular complexity index is 686. The fraction of sp³-hybridized carbons (Fsp3) is 0.714. The first-order valence-electron chi connectivity index (χ1n) is 10.9. The average molecular weight is 418 g/mol. The normalized spacial score (nSPS) is 18.7. The molecule has 2 aliphatic rings. The monoisotopic (exact) mass is 417 g/mol. The van der Waals surface area contributed by atoms with E-state index in [1.54, 1.807) is 26.6 Å². The Morgan fingerprint density at radius 3 is 2.53 bits per heavy atom. The Morgan fingerprint density at radius 1 is 1.20 bits per heavy atom. The van der Waals surface area contributed by atoms with Gasteiger partial charge < -0.3 is 25.2 Å². The number of nitrogens with zero attached hydrogens (tertiary/aromatic N) is 5. The van der Waals surface area contributed by atoms with Crippen molar-refractivity contribution in [1.29, 1.82) is 0 Å². The number of piperazine rings is 1. The number of hydrogen-bond donors (Lipinski definition) is 2. The van der Waals surface area contributed by atoms with Gasteiger partial charge in [0.2, 0.25) is 11.9 Å². The number of nitrogens with one attached hydrogen (secondary N) is 2. The van der Waals surface area contributed by atoms with Crippen molar-refractivity contribution in [3.63, 3.8) is 0 Å². The number of methoxy groups -OCH3 is 1. The second-order valence-electron chi connectivity index (χ2n) is 8.12. The molecule has 3 rings (SSSR count). The van der Waals surface area contributed by atoms with Crippen molar-refractivity contribution < 1.29 is 9.53 Å². The molecule has 1 saturated carbocycles. The Kier molecular flexibility index (Phi) is 8.24. The highest BCUT2D eigenvalue weighted by Crippen LogP contribution is 2.43. The highest BCUT2D eigenvalue weighted by atomic mass is 16.5. The largest absolute Gasteiger partial charge is 0.385 e. The number of carbonyl (C=O) groups excluding carboxylic acids is 1. The van der Waals surface area contributed by atoms with Gasteiger partial charge in [0.15, 0.2) is 5.96 Å². The fourth-order valence-corrected chi connectivity index (χ4v) is 4.06. The molecule has 0 aromatic carbocycles.